The van der Waals surface area contributed by atoms with E-state index in [1.54, 1.807) is 13.2 Å². The molecule has 19 heavy (non-hydrogen) atoms. The first-order valence-corrected chi connectivity index (χ1v) is 6.76. The average molecular weight is 441 g/mol. The molecule has 0 spiro atoms. The number of nitrogens with one attached hydrogen (secondary N) is 1. The molecule has 1 aromatic carbocycles. The van der Waals surface area contributed by atoms with Crippen LogP contribution in [0.15, 0.2) is 18.2 Å². The summed E-state index contributed by atoms with van der Waals surface area (Å²) >= 11 is 0. The summed E-state index contributed by atoms with van der Waals surface area (Å²) in [6.45, 7) is 12.4. The number of benzene rings is 1. The molecule has 1 rings (SSSR count). The summed E-state index contributed by atoms with van der Waals surface area (Å²) < 4.78 is 4.92. The van der Waals surface area contributed by atoms with E-state index in [-0.39, 0.29) is 26.8 Å². The van der Waals surface area contributed by atoms with Gasteiger partial charge in [-0.1, -0.05) is 41.5 Å². The van der Waals surface area contributed by atoms with Gasteiger partial charge < -0.3 is 15.2 Å². The molecule has 0 aliphatic rings. The Morgan fingerprint density at radius 1 is 1.05 bits per heavy atom. The Hall–Kier alpha value is -0.532. The van der Waals surface area contributed by atoms with Crippen molar-refractivity contribution in [3.63, 3.8) is 0 Å². The van der Waals surface area contributed by atoms with Gasteiger partial charge in [-0.25, -0.2) is 0 Å². The van der Waals surface area contributed by atoms with Crippen molar-refractivity contribution >= 4 is 5.69 Å². The summed E-state index contributed by atoms with van der Waals surface area (Å²) in [6.07, 6.45) is 0. The smallest absolute Gasteiger partial charge is 0.121 e. The zero-order valence-electron chi connectivity index (χ0n) is 13.7. The van der Waals surface area contributed by atoms with Crippen molar-refractivity contribution in [1.82, 2.24) is 0 Å². The molecule has 1 aromatic rings. The maximum Gasteiger partial charge on any atom is 0.121 e. The molecule has 0 heterocycles. The van der Waals surface area contributed by atoms with Crippen LogP contribution in [0.3, 0.4) is 0 Å². The van der Waals surface area contributed by atoms with Crippen molar-refractivity contribution in [2.75, 3.05) is 19.5 Å². The van der Waals surface area contributed by atoms with Crippen molar-refractivity contribution < 1.29 is 30.9 Å². The molecule has 0 amide bonds. The number of anilines is 1. The third kappa shape index (κ3) is 13.7. The van der Waals surface area contributed by atoms with Crippen LogP contribution in [0, 0.1) is 0 Å². The van der Waals surface area contributed by atoms with E-state index in [4.69, 9.17) is 4.74 Å². The molecule has 0 atom stereocenters. The Kier molecular flexibility index (Phi) is 32.1. The fourth-order valence-corrected chi connectivity index (χ4v) is 1.01. The van der Waals surface area contributed by atoms with Crippen molar-refractivity contribution in [1.29, 1.82) is 0 Å². The van der Waals surface area contributed by atoms with Gasteiger partial charge in [-0.05, 0) is 18.2 Å². The van der Waals surface area contributed by atoms with E-state index >= 15 is 0 Å². The zero-order valence-corrected chi connectivity index (χ0v) is 16.6. The maximum atomic E-state index is 9.35. The molecule has 0 aliphatic heterocycles. The van der Waals surface area contributed by atoms with Crippen LogP contribution in [0.4, 0.5) is 5.69 Å². The number of aromatic hydroxyl groups is 1. The minimum atomic E-state index is 0. The van der Waals surface area contributed by atoms with Gasteiger partial charge in [0.2, 0.25) is 0 Å². The Morgan fingerprint density at radius 2 is 1.53 bits per heavy atom. The second-order valence-corrected chi connectivity index (χ2v) is 2.53. The molecular weight excluding hydrogens is 410 g/mol. The number of hydrogen-bond donors (Lipinski definition) is 2. The first-order valence-electron chi connectivity index (χ1n) is 6.76. The van der Waals surface area contributed by atoms with E-state index in [1.807, 2.05) is 60.7 Å². The molecule has 0 saturated carbocycles. The van der Waals surface area contributed by atoms with E-state index in [0.717, 1.165) is 11.3 Å². The Morgan fingerprint density at radius 3 is 1.89 bits per heavy atom. The molecule has 0 radical (unpaired) electrons. The monoisotopic (exact) mass is 441 g/mol. The zero-order chi connectivity index (χ0) is 15.0. The van der Waals surface area contributed by atoms with Crippen LogP contribution in [-0.2, 0) is 32.4 Å². The third-order valence-corrected chi connectivity index (χ3v) is 1.67. The van der Waals surface area contributed by atoms with Gasteiger partial charge in [-0.15, -0.1) is 0 Å². The molecule has 0 unspecified atom stereocenters. The number of rotatable bonds is 3. The van der Waals surface area contributed by atoms with Gasteiger partial charge in [0.15, 0.2) is 0 Å². The number of phenolic OH excluding ortho intramolecular Hbond substituents is 1. The van der Waals surface area contributed by atoms with Crippen LogP contribution in [0.2, 0.25) is 0 Å². The number of hydrogen-bond acceptors (Lipinski definition) is 3. The number of phenols is 1. The maximum absolute atomic E-state index is 9.35. The number of ether oxygens (including phenoxy) is 1. The first kappa shape index (κ1) is 26.9. The van der Waals surface area contributed by atoms with E-state index in [1.165, 1.54) is 0 Å². The van der Waals surface area contributed by atoms with Crippen LogP contribution in [0.25, 0.3) is 0 Å². The van der Waals surface area contributed by atoms with Crippen molar-refractivity contribution in [2.45, 2.75) is 48.1 Å². The topological polar surface area (TPSA) is 41.5 Å². The Balaban J connectivity index is -0.000000142. The first-order chi connectivity index (χ1) is 8.77. The predicted molar refractivity (Wildman–Crippen MR) is 82.4 cm³/mol. The van der Waals surface area contributed by atoms with Crippen LogP contribution >= 0.6 is 0 Å². The molecule has 4 heteroatoms. The molecule has 0 fully saturated rings. The molecule has 0 bridgehead atoms. The van der Waals surface area contributed by atoms with Crippen LogP contribution in [0.5, 0.6) is 5.75 Å². The van der Waals surface area contributed by atoms with Crippen LogP contribution in [-0.4, -0.2) is 19.3 Å². The summed E-state index contributed by atoms with van der Waals surface area (Å²) in [4.78, 5) is 0. The van der Waals surface area contributed by atoms with Gasteiger partial charge in [-0.2, -0.15) is 0 Å². The van der Waals surface area contributed by atoms with Crippen molar-refractivity contribution in [3.8, 4) is 5.75 Å². The quantitative estimate of drug-likeness (QED) is 0.671. The van der Waals surface area contributed by atoms with E-state index in [0.29, 0.717) is 6.61 Å². The molecule has 114 valence electrons. The Bertz CT molecular complexity index is 268. The second-order valence-electron chi connectivity index (χ2n) is 2.53. The predicted octanol–water partition coefficient (Wildman–Crippen LogP) is 4.66. The normalized spacial score (nSPS) is 7.16. The van der Waals surface area contributed by atoms with Crippen molar-refractivity contribution in [3.05, 3.63) is 23.8 Å². The van der Waals surface area contributed by atoms with Gasteiger partial charge >= 0.3 is 0 Å². The third-order valence-electron chi connectivity index (χ3n) is 1.67. The summed E-state index contributed by atoms with van der Waals surface area (Å²) in [5, 5.41) is 12.3. The molecule has 0 aromatic heterocycles. The van der Waals surface area contributed by atoms with Gasteiger partial charge in [0.05, 0.1) is 6.61 Å². The molecule has 3 nitrogen and oxygen atoms in total. The van der Waals surface area contributed by atoms with E-state index < -0.39 is 0 Å². The summed E-state index contributed by atoms with van der Waals surface area (Å²) in [5.41, 5.74) is 1.77. The fourth-order valence-electron chi connectivity index (χ4n) is 1.01. The summed E-state index contributed by atoms with van der Waals surface area (Å²) in [5.74, 6) is 0.274. The van der Waals surface area contributed by atoms with E-state index in [2.05, 4.69) is 5.32 Å². The van der Waals surface area contributed by atoms with Gasteiger partial charge in [-0.3, -0.25) is 0 Å². The van der Waals surface area contributed by atoms with Gasteiger partial charge in [0.25, 0.3) is 0 Å². The molecular formula is C15H31NO2W. The average Bonchev–Trinajstić information content (AvgIpc) is 2.48. The van der Waals surface area contributed by atoms with Crippen molar-refractivity contribution in [2.24, 2.45) is 0 Å². The Labute approximate surface area is 134 Å². The van der Waals surface area contributed by atoms with Crippen LogP contribution in [0.1, 0.15) is 47.1 Å². The SMILES string of the molecule is CC.CC.CC.CNc1ccc(O)c(COC)c1.[W]. The molecule has 0 aliphatic carbocycles. The second kappa shape index (κ2) is 22.6. The van der Waals surface area contributed by atoms with Gasteiger partial charge in [0, 0.05) is 46.5 Å². The minimum absolute atomic E-state index is 0. The minimum Gasteiger partial charge on any atom is -0.508 e. The number of methoxy groups -OCH3 is 1. The largest absolute Gasteiger partial charge is 0.508 e. The van der Waals surface area contributed by atoms with Crippen LogP contribution < -0.4 is 5.32 Å². The standard InChI is InChI=1S/C9H13NO2.3C2H6.W/c1-10-8-3-4-9(11)7(5-8)6-12-2;3*1-2;/h3-5,10-11H,6H2,1-2H3;3*1-2H3;. The summed E-state index contributed by atoms with van der Waals surface area (Å²) in [7, 11) is 3.44. The summed E-state index contributed by atoms with van der Waals surface area (Å²) in [6, 6.07) is 5.33. The molecule has 0 saturated heterocycles. The molecule has 2 N–H and O–H groups in total. The van der Waals surface area contributed by atoms with E-state index in [9.17, 15) is 5.11 Å². The fraction of sp³-hybridized carbons (Fsp3) is 0.600. The van der Waals surface area contributed by atoms with Gasteiger partial charge in [0.1, 0.15) is 5.75 Å².